The number of rotatable bonds is 12. The maximum absolute atomic E-state index is 13.9. The third-order valence-corrected chi connectivity index (χ3v) is 7.58. The van der Waals surface area contributed by atoms with Crippen LogP contribution in [0.25, 0.3) is 11.4 Å². The quantitative estimate of drug-likeness (QED) is 0.268. The van der Waals surface area contributed by atoms with Gasteiger partial charge in [0, 0.05) is 23.6 Å². The Balaban J connectivity index is 1.40. The number of benzene rings is 1. The third kappa shape index (κ3) is 6.74. The van der Waals surface area contributed by atoms with Gasteiger partial charge in [0.05, 0.1) is 26.9 Å². The number of amides is 2. The summed E-state index contributed by atoms with van der Waals surface area (Å²) in [5.41, 5.74) is 0.647. The molecule has 1 saturated heterocycles. The molecule has 0 radical (unpaired) electrons. The number of ether oxygens (including phenoxy) is 3. The van der Waals surface area contributed by atoms with Gasteiger partial charge in [-0.1, -0.05) is 6.07 Å². The Morgan fingerprint density at radius 1 is 1.20 bits per heavy atom. The number of tetrazole rings is 1. The van der Waals surface area contributed by atoms with E-state index in [-0.39, 0.29) is 31.0 Å². The van der Waals surface area contributed by atoms with E-state index >= 15 is 0 Å². The summed E-state index contributed by atoms with van der Waals surface area (Å²) in [5.74, 6) is 1.69. The van der Waals surface area contributed by atoms with Crippen molar-refractivity contribution in [2.45, 2.75) is 45.0 Å². The van der Waals surface area contributed by atoms with Gasteiger partial charge < -0.3 is 28.8 Å². The summed E-state index contributed by atoms with van der Waals surface area (Å²) < 4.78 is 22.2. The van der Waals surface area contributed by atoms with Gasteiger partial charge in [-0.2, -0.15) is 4.80 Å². The fourth-order valence-electron chi connectivity index (χ4n) is 4.65. The first-order chi connectivity index (χ1) is 19.9. The van der Waals surface area contributed by atoms with Crippen LogP contribution in [0.15, 0.2) is 52.3 Å². The number of aryl methyl sites for hydroxylation is 1. The van der Waals surface area contributed by atoms with Crippen LogP contribution in [-0.4, -0.2) is 70.4 Å². The summed E-state index contributed by atoms with van der Waals surface area (Å²) in [5, 5.41) is 17.5. The Hall–Kier alpha value is -4.23. The normalized spacial score (nSPS) is 15.4. The number of carbonyl (C=O) groups excluding carboxylic acids is 2. The lowest BCUT2D eigenvalue weighted by Crippen LogP contribution is -2.46. The van der Waals surface area contributed by atoms with Gasteiger partial charge in [-0.3, -0.25) is 9.59 Å². The zero-order chi connectivity index (χ0) is 28.8. The number of methoxy groups -OCH3 is 2. The van der Waals surface area contributed by atoms with E-state index < -0.39 is 6.04 Å². The first-order valence-electron chi connectivity index (χ1n) is 13.2. The SMILES string of the molecule is COc1ccc(-c2nnn(CC(=O)N(Cc3cccs3)[C@@H](C(=O)NC[C@H]3CCCO3)c3ccc(C)o3)n2)cc1OC. The van der Waals surface area contributed by atoms with Crippen molar-refractivity contribution < 1.29 is 28.2 Å². The van der Waals surface area contributed by atoms with Gasteiger partial charge >= 0.3 is 0 Å². The molecule has 0 aliphatic carbocycles. The number of thiophene rings is 1. The van der Waals surface area contributed by atoms with Crippen LogP contribution in [0, 0.1) is 6.92 Å². The summed E-state index contributed by atoms with van der Waals surface area (Å²) in [7, 11) is 3.10. The highest BCUT2D eigenvalue weighted by Gasteiger charge is 2.35. The van der Waals surface area contributed by atoms with Gasteiger partial charge in [-0.15, -0.1) is 21.5 Å². The van der Waals surface area contributed by atoms with Crippen LogP contribution < -0.4 is 14.8 Å². The fourth-order valence-corrected chi connectivity index (χ4v) is 5.35. The Kier molecular flexibility index (Phi) is 8.95. The number of furan rings is 1. The number of hydrogen-bond donors (Lipinski definition) is 1. The minimum atomic E-state index is -1.01. The molecule has 216 valence electrons. The van der Waals surface area contributed by atoms with Gasteiger partial charge in [0.2, 0.25) is 11.7 Å². The molecule has 41 heavy (non-hydrogen) atoms. The fraction of sp³-hybridized carbons (Fsp3) is 0.393. The molecule has 0 bridgehead atoms. The van der Waals surface area contributed by atoms with Crippen molar-refractivity contribution in [1.82, 2.24) is 30.4 Å². The first kappa shape index (κ1) is 28.3. The molecule has 2 amide bonds. The lowest BCUT2D eigenvalue weighted by molar-refractivity contribution is -0.143. The minimum absolute atomic E-state index is 0.0475. The van der Waals surface area contributed by atoms with Crippen molar-refractivity contribution in [3.05, 3.63) is 64.2 Å². The zero-order valence-electron chi connectivity index (χ0n) is 23.1. The molecule has 3 aromatic heterocycles. The lowest BCUT2D eigenvalue weighted by atomic mass is 10.1. The summed E-state index contributed by atoms with van der Waals surface area (Å²) in [6.07, 6.45) is 1.79. The Bertz CT molecular complexity index is 1460. The summed E-state index contributed by atoms with van der Waals surface area (Å²) >= 11 is 1.50. The molecule has 1 aromatic carbocycles. The molecule has 0 unspecified atom stereocenters. The second-order valence-corrected chi connectivity index (χ2v) is 10.6. The molecule has 2 atom stereocenters. The summed E-state index contributed by atoms with van der Waals surface area (Å²) in [4.78, 5) is 31.1. The Morgan fingerprint density at radius 3 is 2.73 bits per heavy atom. The number of aromatic nitrogens is 4. The van der Waals surface area contributed by atoms with E-state index in [4.69, 9.17) is 18.6 Å². The van der Waals surface area contributed by atoms with Crippen molar-refractivity contribution in [2.75, 3.05) is 27.4 Å². The minimum Gasteiger partial charge on any atom is -0.493 e. The van der Waals surface area contributed by atoms with E-state index in [9.17, 15) is 9.59 Å². The number of carbonyl (C=O) groups is 2. The van der Waals surface area contributed by atoms with Crippen molar-refractivity contribution in [3.8, 4) is 22.9 Å². The lowest BCUT2D eigenvalue weighted by Gasteiger charge is -2.29. The molecular formula is C28H32N6O6S. The maximum Gasteiger partial charge on any atom is 0.250 e. The third-order valence-electron chi connectivity index (χ3n) is 6.72. The molecule has 12 nitrogen and oxygen atoms in total. The smallest absolute Gasteiger partial charge is 0.250 e. The van der Waals surface area contributed by atoms with Crippen LogP contribution in [0.4, 0.5) is 0 Å². The van der Waals surface area contributed by atoms with E-state index in [0.717, 1.165) is 17.7 Å². The molecule has 1 aliphatic rings. The largest absolute Gasteiger partial charge is 0.493 e. The van der Waals surface area contributed by atoms with Crippen LogP contribution in [0.1, 0.15) is 35.3 Å². The van der Waals surface area contributed by atoms with E-state index in [1.807, 2.05) is 17.5 Å². The van der Waals surface area contributed by atoms with E-state index in [1.54, 1.807) is 51.5 Å². The molecule has 5 rings (SSSR count). The molecular weight excluding hydrogens is 548 g/mol. The first-order valence-corrected chi connectivity index (χ1v) is 14.1. The highest BCUT2D eigenvalue weighted by molar-refractivity contribution is 7.09. The topological polar surface area (TPSA) is 134 Å². The molecule has 13 heteroatoms. The summed E-state index contributed by atoms with van der Waals surface area (Å²) in [6, 6.07) is 11.6. The van der Waals surface area contributed by atoms with Crippen molar-refractivity contribution in [1.29, 1.82) is 0 Å². The molecule has 1 aliphatic heterocycles. The molecule has 1 N–H and O–H groups in total. The molecule has 1 fully saturated rings. The summed E-state index contributed by atoms with van der Waals surface area (Å²) in [6.45, 7) is 2.80. The van der Waals surface area contributed by atoms with Crippen LogP contribution in [0.3, 0.4) is 0 Å². The number of nitrogens with zero attached hydrogens (tertiary/aromatic N) is 5. The second kappa shape index (κ2) is 13.0. The van der Waals surface area contributed by atoms with Crippen LogP contribution in [0.5, 0.6) is 11.5 Å². The van der Waals surface area contributed by atoms with Gasteiger partial charge in [0.25, 0.3) is 5.91 Å². The highest BCUT2D eigenvalue weighted by atomic mass is 32.1. The standard InChI is InChI=1S/C28H32N6O6S/c1-18-8-10-23(40-18)26(28(36)29-15-20-6-4-12-39-20)33(16-21-7-5-13-41-21)25(35)17-34-31-27(30-32-34)19-9-11-22(37-2)24(14-19)38-3/h5,7-11,13-14,20,26H,4,6,12,15-17H2,1-3H3,(H,29,36)/t20-,26-/m1/s1. The Labute approximate surface area is 241 Å². The van der Waals surface area contributed by atoms with Crippen molar-refractivity contribution >= 4 is 23.2 Å². The highest BCUT2D eigenvalue weighted by Crippen LogP contribution is 2.31. The number of hydrogen-bond acceptors (Lipinski definition) is 10. The van der Waals surface area contributed by atoms with Gasteiger partial charge in [-0.25, -0.2) is 0 Å². The predicted molar refractivity (Wildman–Crippen MR) is 149 cm³/mol. The Morgan fingerprint density at radius 2 is 2.05 bits per heavy atom. The van der Waals surface area contributed by atoms with E-state index in [2.05, 4.69) is 20.7 Å². The molecule has 4 heterocycles. The van der Waals surface area contributed by atoms with E-state index in [1.165, 1.54) is 21.0 Å². The van der Waals surface area contributed by atoms with Crippen molar-refractivity contribution in [2.24, 2.45) is 0 Å². The van der Waals surface area contributed by atoms with Gasteiger partial charge in [0.1, 0.15) is 18.1 Å². The van der Waals surface area contributed by atoms with Crippen LogP contribution in [-0.2, 0) is 27.4 Å². The van der Waals surface area contributed by atoms with Gasteiger partial charge in [-0.05, 0) is 66.8 Å². The van der Waals surface area contributed by atoms with E-state index in [0.29, 0.717) is 47.6 Å². The molecule has 4 aromatic rings. The second-order valence-electron chi connectivity index (χ2n) is 9.55. The predicted octanol–water partition coefficient (Wildman–Crippen LogP) is 3.39. The average molecular weight is 581 g/mol. The maximum atomic E-state index is 13.9. The molecule has 0 spiro atoms. The monoisotopic (exact) mass is 580 g/mol. The van der Waals surface area contributed by atoms with Crippen LogP contribution >= 0.6 is 11.3 Å². The van der Waals surface area contributed by atoms with Crippen molar-refractivity contribution in [3.63, 3.8) is 0 Å². The number of nitrogens with one attached hydrogen (secondary N) is 1. The van der Waals surface area contributed by atoms with Crippen LogP contribution in [0.2, 0.25) is 0 Å². The zero-order valence-corrected chi connectivity index (χ0v) is 23.9. The van der Waals surface area contributed by atoms with Gasteiger partial charge in [0.15, 0.2) is 17.5 Å². The molecule has 0 saturated carbocycles. The average Bonchev–Trinajstić information content (AvgIpc) is 3.80.